The number of nitrogens with two attached hydrogens (primary N) is 1. The van der Waals surface area contributed by atoms with Crippen molar-refractivity contribution in [2.24, 2.45) is 0 Å². The fourth-order valence-corrected chi connectivity index (χ4v) is 2.20. The molecule has 0 fully saturated rings. The van der Waals surface area contributed by atoms with E-state index in [9.17, 15) is 4.79 Å². The van der Waals surface area contributed by atoms with E-state index in [1.165, 1.54) is 11.3 Å². The molecule has 1 rings (SSSR count). The molecule has 0 aliphatic rings. The van der Waals surface area contributed by atoms with Crippen molar-refractivity contribution in [3.8, 4) is 0 Å². The summed E-state index contributed by atoms with van der Waals surface area (Å²) in [6, 6.07) is 2.01. The van der Waals surface area contributed by atoms with E-state index in [0.717, 1.165) is 17.7 Å². The van der Waals surface area contributed by atoms with Gasteiger partial charge in [-0.05, 0) is 25.8 Å². The Kier molecular flexibility index (Phi) is 4.15. The van der Waals surface area contributed by atoms with Crippen LogP contribution in [0.2, 0.25) is 0 Å². The SMILES string of the molecule is CCC(CC)NC(=O)c1cc(N)c(C)s1. The van der Waals surface area contributed by atoms with Crippen LogP contribution in [-0.2, 0) is 0 Å². The summed E-state index contributed by atoms with van der Waals surface area (Å²) in [6.45, 7) is 6.07. The van der Waals surface area contributed by atoms with Gasteiger partial charge in [0.15, 0.2) is 0 Å². The second-order valence-corrected chi connectivity index (χ2v) is 4.87. The standard InChI is InChI=1S/C11H18N2OS/c1-4-8(5-2)13-11(14)10-6-9(12)7(3)15-10/h6,8H,4-5,12H2,1-3H3,(H,13,14). The number of nitrogen functional groups attached to an aromatic ring is 1. The van der Waals surface area contributed by atoms with Crippen molar-refractivity contribution >= 4 is 22.9 Å². The lowest BCUT2D eigenvalue weighted by Gasteiger charge is -2.13. The van der Waals surface area contributed by atoms with E-state index < -0.39 is 0 Å². The molecule has 3 nitrogen and oxygen atoms in total. The van der Waals surface area contributed by atoms with Crippen LogP contribution in [0, 0.1) is 6.92 Å². The minimum absolute atomic E-state index is 0.00602. The molecule has 0 bridgehead atoms. The van der Waals surface area contributed by atoms with Crippen LogP contribution < -0.4 is 11.1 Å². The smallest absolute Gasteiger partial charge is 0.261 e. The number of carbonyl (C=O) groups excluding carboxylic acids is 1. The van der Waals surface area contributed by atoms with Crippen LogP contribution in [0.3, 0.4) is 0 Å². The van der Waals surface area contributed by atoms with Crippen LogP contribution in [0.25, 0.3) is 0 Å². The van der Waals surface area contributed by atoms with Gasteiger partial charge in [-0.25, -0.2) is 0 Å². The number of rotatable bonds is 4. The lowest BCUT2D eigenvalue weighted by atomic mass is 10.2. The molecule has 0 aliphatic carbocycles. The fourth-order valence-electron chi connectivity index (χ4n) is 1.36. The third-order valence-electron chi connectivity index (χ3n) is 2.50. The van der Waals surface area contributed by atoms with Crippen LogP contribution in [0.4, 0.5) is 5.69 Å². The number of aryl methyl sites for hydroxylation is 1. The molecule has 0 aromatic carbocycles. The van der Waals surface area contributed by atoms with Gasteiger partial charge in [-0.1, -0.05) is 13.8 Å². The van der Waals surface area contributed by atoms with Crippen LogP contribution in [0.1, 0.15) is 41.2 Å². The summed E-state index contributed by atoms with van der Waals surface area (Å²) in [4.78, 5) is 13.5. The highest BCUT2D eigenvalue weighted by Gasteiger charge is 2.13. The number of nitrogens with one attached hydrogen (secondary N) is 1. The first-order valence-electron chi connectivity index (χ1n) is 5.25. The predicted molar refractivity (Wildman–Crippen MR) is 65.3 cm³/mol. The Balaban J connectivity index is 2.68. The third kappa shape index (κ3) is 2.96. The van der Waals surface area contributed by atoms with E-state index >= 15 is 0 Å². The van der Waals surface area contributed by atoms with Crippen molar-refractivity contribution in [3.63, 3.8) is 0 Å². The van der Waals surface area contributed by atoms with Crippen LogP contribution >= 0.6 is 11.3 Å². The van der Waals surface area contributed by atoms with E-state index in [-0.39, 0.29) is 11.9 Å². The minimum Gasteiger partial charge on any atom is -0.398 e. The third-order valence-corrected chi connectivity index (χ3v) is 3.57. The van der Waals surface area contributed by atoms with Gasteiger partial charge in [-0.15, -0.1) is 11.3 Å². The maximum Gasteiger partial charge on any atom is 0.261 e. The normalized spacial score (nSPS) is 10.7. The Morgan fingerprint density at radius 1 is 1.53 bits per heavy atom. The van der Waals surface area contributed by atoms with Gasteiger partial charge in [-0.3, -0.25) is 4.79 Å². The maximum atomic E-state index is 11.8. The van der Waals surface area contributed by atoms with Crippen molar-refractivity contribution < 1.29 is 4.79 Å². The van der Waals surface area contributed by atoms with E-state index in [0.29, 0.717) is 10.6 Å². The highest BCUT2D eigenvalue weighted by Crippen LogP contribution is 2.23. The first-order valence-corrected chi connectivity index (χ1v) is 6.06. The van der Waals surface area contributed by atoms with Crippen LogP contribution in [0.5, 0.6) is 0 Å². The molecule has 0 unspecified atom stereocenters. The summed E-state index contributed by atoms with van der Waals surface area (Å²) in [6.07, 6.45) is 1.92. The van der Waals surface area contributed by atoms with E-state index in [1.807, 2.05) is 6.92 Å². The molecule has 0 saturated heterocycles. The second kappa shape index (κ2) is 5.16. The van der Waals surface area contributed by atoms with Crippen molar-refractivity contribution in [2.75, 3.05) is 5.73 Å². The molecule has 0 saturated carbocycles. The topological polar surface area (TPSA) is 55.1 Å². The zero-order valence-electron chi connectivity index (χ0n) is 9.46. The highest BCUT2D eigenvalue weighted by molar-refractivity contribution is 7.14. The summed E-state index contributed by atoms with van der Waals surface area (Å²) < 4.78 is 0. The number of amides is 1. The first kappa shape index (κ1) is 12.0. The summed E-state index contributed by atoms with van der Waals surface area (Å²) in [7, 11) is 0. The van der Waals surface area contributed by atoms with Gasteiger partial charge in [0.2, 0.25) is 0 Å². The zero-order chi connectivity index (χ0) is 11.4. The van der Waals surface area contributed by atoms with E-state index in [2.05, 4.69) is 19.2 Å². The van der Waals surface area contributed by atoms with Gasteiger partial charge < -0.3 is 11.1 Å². The molecule has 1 aromatic heterocycles. The maximum absolute atomic E-state index is 11.8. The second-order valence-electron chi connectivity index (χ2n) is 3.61. The predicted octanol–water partition coefficient (Wildman–Crippen LogP) is 2.56. The monoisotopic (exact) mass is 226 g/mol. The van der Waals surface area contributed by atoms with E-state index in [4.69, 9.17) is 5.73 Å². The molecule has 0 atom stereocenters. The highest BCUT2D eigenvalue weighted by atomic mass is 32.1. The van der Waals surface area contributed by atoms with Crippen molar-refractivity contribution in [2.45, 2.75) is 39.7 Å². The van der Waals surface area contributed by atoms with E-state index in [1.54, 1.807) is 6.07 Å². The quantitative estimate of drug-likeness (QED) is 0.829. The lowest BCUT2D eigenvalue weighted by Crippen LogP contribution is -2.33. The largest absolute Gasteiger partial charge is 0.398 e. The fraction of sp³-hybridized carbons (Fsp3) is 0.545. The molecule has 84 valence electrons. The summed E-state index contributed by atoms with van der Waals surface area (Å²) in [5.74, 6) is -0.00602. The Labute approximate surface area is 94.7 Å². The number of thiophene rings is 1. The Morgan fingerprint density at radius 3 is 2.53 bits per heavy atom. The molecule has 0 aliphatic heterocycles. The Morgan fingerprint density at radius 2 is 2.13 bits per heavy atom. The summed E-state index contributed by atoms with van der Waals surface area (Å²) in [5.41, 5.74) is 6.41. The summed E-state index contributed by atoms with van der Waals surface area (Å²) in [5, 5.41) is 2.99. The van der Waals surface area contributed by atoms with Gasteiger partial charge in [0.05, 0.1) is 4.88 Å². The van der Waals surface area contributed by atoms with Gasteiger partial charge in [0.25, 0.3) is 5.91 Å². The summed E-state index contributed by atoms with van der Waals surface area (Å²) >= 11 is 1.45. The lowest BCUT2D eigenvalue weighted by molar-refractivity contribution is 0.0939. The number of hydrogen-bond donors (Lipinski definition) is 2. The molecule has 0 radical (unpaired) electrons. The number of hydrogen-bond acceptors (Lipinski definition) is 3. The molecule has 4 heteroatoms. The minimum atomic E-state index is -0.00602. The average molecular weight is 226 g/mol. The van der Waals surface area contributed by atoms with Gasteiger partial charge in [0.1, 0.15) is 0 Å². The molecule has 3 N–H and O–H groups in total. The zero-order valence-corrected chi connectivity index (χ0v) is 10.3. The van der Waals surface area contributed by atoms with Crippen LogP contribution in [0.15, 0.2) is 6.07 Å². The molecular formula is C11H18N2OS. The van der Waals surface area contributed by atoms with Gasteiger partial charge >= 0.3 is 0 Å². The number of carbonyl (C=O) groups is 1. The van der Waals surface area contributed by atoms with Gasteiger partial charge in [-0.2, -0.15) is 0 Å². The van der Waals surface area contributed by atoms with Gasteiger partial charge in [0, 0.05) is 16.6 Å². The molecule has 1 amide bonds. The molecule has 1 heterocycles. The molecule has 1 aromatic rings. The van der Waals surface area contributed by atoms with Crippen molar-refractivity contribution in [1.82, 2.24) is 5.32 Å². The van der Waals surface area contributed by atoms with Crippen LogP contribution in [-0.4, -0.2) is 11.9 Å². The van der Waals surface area contributed by atoms with Crippen molar-refractivity contribution in [1.29, 1.82) is 0 Å². The van der Waals surface area contributed by atoms with Crippen molar-refractivity contribution in [3.05, 3.63) is 15.8 Å². The Hall–Kier alpha value is -1.03. The Bertz CT molecular complexity index is 323. The first-order chi connectivity index (χ1) is 7.08. The molecule has 15 heavy (non-hydrogen) atoms. The molecule has 0 spiro atoms. The number of anilines is 1. The molecular weight excluding hydrogens is 208 g/mol. The average Bonchev–Trinajstić information content (AvgIpc) is 2.55.